The largest absolute Gasteiger partial charge is 0.493 e. The summed E-state index contributed by atoms with van der Waals surface area (Å²) in [6.07, 6.45) is 0. The van der Waals surface area contributed by atoms with Crippen LogP contribution in [-0.2, 0) is 0 Å². The molecule has 0 aliphatic carbocycles. The number of para-hydroxylation sites is 2. The molecule has 0 unspecified atom stereocenters. The second-order valence-corrected chi connectivity index (χ2v) is 6.58. The summed E-state index contributed by atoms with van der Waals surface area (Å²) in [6.45, 7) is 0.562. The number of benzene rings is 2. The van der Waals surface area contributed by atoms with Gasteiger partial charge in [0.05, 0.1) is 6.61 Å². The summed E-state index contributed by atoms with van der Waals surface area (Å²) in [5.41, 5.74) is 0. The van der Waals surface area contributed by atoms with Crippen molar-refractivity contribution in [1.29, 1.82) is 0 Å². The molecule has 7 heteroatoms. The van der Waals surface area contributed by atoms with E-state index in [1.54, 1.807) is 0 Å². The minimum atomic E-state index is 0.279. The Kier molecular flexibility index (Phi) is 6.27. The molecule has 0 N–H and O–H groups in total. The Morgan fingerprint density at radius 3 is 2.15 bits per heavy atom. The average Bonchev–Trinajstić information content (AvgIpc) is 2.67. The molecule has 0 bridgehead atoms. The lowest BCUT2D eigenvalue weighted by Crippen LogP contribution is -2.14. The maximum absolute atomic E-state index is 5.75. The van der Waals surface area contributed by atoms with Crippen molar-refractivity contribution in [3.63, 3.8) is 0 Å². The van der Waals surface area contributed by atoms with Crippen LogP contribution in [0.15, 0.2) is 65.8 Å². The van der Waals surface area contributed by atoms with Gasteiger partial charge in [-0.1, -0.05) is 48.2 Å². The number of rotatable bonds is 8. The fourth-order valence-electron chi connectivity index (χ4n) is 2.04. The number of ether oxygens (including phenoxy) is 2. The Bertz CT molecular complexity index is 816. The number of hydrogen-bond acceptors (Lipinski definition) is 7. The van der Waals surface area contributed by atoms with Crippen molar-refractivity contribution in [3.05, 3.63) is 60.7 Å². The van der Waals surface area contributed by atoms with Gasteiger partial charge in [0.2, 0.25) is 5.95 Å². The molecule has 0 amide bonds. The van der Waals surface area contributed by atoms with Crippen LogP contribution >= 0.6 is 11.8 Å². The molecule has 6 nitrogen and oxygen atoms in total. The second kappa shape index (κ2) is 9.05. The highest BCUT2D eigenvalue weighted by Crippen LogP contribution is 2.23. The smallest absolute Gasteiger partial charge is 0.327 e. The van der Waals surface area contributed by atoms with Gasteiger partial charge < -0.3 is 14.4 Å². The molecule has 1 heterocycles. The van der Waals surface area contributed by atoms with Crippen LogP contribution in [0.4, 0.5) is 5.95 Å². The molecule has 0 radical (unpaired) electrons. The summed E-state index contributed by atoms with van der Waals surface area (Å²) in [6, 6.07) is 19.5. The topological polar surface area (TPSA) is 60.4 Å². The van der Waals surface area contributed by atoms with Gasteiger partial charge in [0.15, 0.2) is 5.16 Å². The Hall–Kier alpha value is -2.80. The Morgan fingerprint density at radius 1 is 0.846 bits per heavy atom. The van der Waals surface area contributed by atoms with Gasteiger partial charge in [0.1, 0.15) is 11.5 Å². The monoisotopic (exact) mass is 368 g/mol. The lowest BCUT2D eigenvalue weighted by Gasteiger charge is -2.12. The SMILES string of the molecule is CN(C)c1nc(Oc2ccccc2)nc(SCCOc2ccccc2)n1. The minimum absolute atomic E-state index is 0.279. The van der Waals surface area contributed by atoms with Gasteiger partial charge in [0, 0.05) is 19.8 Å². The molecule has 0 aliphatic rings. The van der Waals surface area contributed by atoms with Crippen molar-refractivity contribution in [3.8, 4) is 17.5 Å². The van der Waals surface area contributed by atoms with Crippen molar-refractivity contribution in [2.45, 2.75) is 5.16 Å². The zero-order valence-corrected chi connectivity index (χ0v) is 15.5. The summed E-state index contributed by atoms with van der Waals surface area (Å²) in [5, 5.41) is 0.603. The van der Waals surface area contributed by atoms with Crippen LogP contribution in [-0.4, -0.2) is 41.4 Å². The van der Waals surface area contributed by atoms with Crippen LogP contribution in [0.2, 0.25) is 0 Å². The number of nitrogens with zero attached hydrogens (tertiary/aromatic N) is 4. The maximum atomic E-state index is 5.75. The first-order chi connectivity index (χ1) is 12.7. The maximum Gasteiger partial charge on any atom is 0.327 e. The van der Waals surface area contributed by atoms with Gasteiger partial charge in [-0.05, 0) is 24.3 Å². The summed E-state index contributed by atoms with van der Waals surface area (Å²) in [5.74, 6) is 2.81. The van der Waals surface area contributed by atoms with Crippen molar-refractivity contribution in [2.24, 2.45) is 0 Å². The zero-order chi connectivity index (χ0) is 18.2. The van der Waals surface area contributed by atoms with E-state index >= 15 is 0 Å². The molecule has 0 saturated carbocycles. The molecule has 0 atom stereocenters. The summed E-state index contributed by atoms with van der Waals surface area (Å²) >= 11 is 1.50. The van der Waals surface area contributed by atoms with Crippen LogP contribution < -0.4 is 14.4 Å². The van der Waals surface area contributed by atoms with Crippen molar-refractivity contribution in [1.82, 2.24) is 15.0 Å². The molecule has 2 aromatic carbocycles. The Labute approximate surface area is 157 Å². The van der Waals surface area contributed by atoms with Gasteiger partial charge >= 0.3 is 6.01 Å². The van der Waals surface area contributed by atoms with Crippen LogP contribution in [0.1, 0.15) is 0 Å². The molecule has 0 spiro atoms. The molecule has 26 heavy (non-hydrogen) atoms. The fraction of sp³-hybridized carbons (Fsp3) is 0.211. The molecule has 3 rings (SSSR count). The quantitative estimate of drug-likeness (QED) is 0.441. The van der Waals surface area contributed by atoms with Crippen molar-refractivity contribution >= 4 is 17.7 Å². The van der Waals surface area contributed by atoms with Gasteiger partial charge in [-0.2, -0.15) is 15.0 Å². The third-order valence-electron chi connectivity index (χ3n) is 3.26. The molecular weight excluding hydrogens is 348 g/mol. The van der Waals surface area contributed by atoms with Gasteiger partial charge in [0.25, 0.3) is 0 Å². The van der Waals surface area contributed by atoms with Gasteiger partial charge in [-0.15, -0.1) is 0 Å². The highest BCUT2D eigenvalue weighted by Gasteiger charge is 2.10. The highest BCUT2D eigenvalue weighted by molar-refractivity contribution is 7.99. The first-order valence-corrected chi connectivity index (χ1v) is 9.16. The summed E-state index contributed by atoms with van der Waals surface area (Å²) in [4.78, 5) is 15.0. The highest BCUT2D eigenvalue weighted by atomic mass is 32.2. The van der Waals surface area contributed by atoms with E-state index in [9.17, 15) is 0 Å². The third kappa shape index (κ3) is 5.35. The molecule has 3 aromatic rings. The van der Waals surface area contributed by atoms with Gasteiger partial charge in [-0.3, -0.25) is 0 Å². The molecule has 1 aromatic heterocycles. The fourth-order valence-corrected chi connectivity index (χ4v) is 2.68. The van der Waals surface area contributed by atoms with E-state index in [1.807, 2.05) is 79.7 Å². The average molecular weight is 368 g/mol. The first kappa shape index (κ1) is 18.0. The number of hydrogen-bond donors (Lipinski definition) is 0. The number of anilines is 1. The van der Waals surface area contributed by atoms with Crippen LogP contribution in [0.25, 0.3) is 0 Å². The van der Waals surface area contributed by atoms with Gasteiger partial charge in [-0.25, -0.2) is 0 Å². The number of thioether (sulfide) groups is 1. The van der Waals surface area contributed by atoms with E-state index in [1.165, 1.54) is 11.8 Å². The summed E-state index contributed by atoms with van der Waals surface area (Å²) < 4.78 is 11.4. The van der Waals surface area contributed by atoms with E-state index in [2.05, 4.69) is 15.0 Å². The molecule has 134 valence electrons. The van der Waals surface area contributed by atoms with E-state index in [0.29, 0.717) is 23.5 Å². The van der Waals surface area contributed by atoms with E-state index in [-0.39, 0.29) is 6.01 Å². The van der Waals surface area contributed by atoms with Crippen LogP contribution in [0, 0.1) is 0 Å². The molecule has 0 fully saturated rings. The normalized spacial score (nSPS) is 10.4. The second-order valence-electron chi connectivity index (χ2n) is 5.52. The lowest BCUT2D eigenvalue weighted by atomic mass is 10.3. The Morgan fingerprint density at radius 2 is 1.50 bits per heavy atom. The van der Waals surface area contributed by atoms with Crippen LogP contribution in [0.5, 0.6) is 17.5 Å². The first-order valence-electron chi connectivity index (χ1n) is 8.17. The van der Waals surface area contributed by atoms with E-state index in [4.69, 9.17) is 9.47 Å². The van der Waals surface area contributed by atoms with Crippen LogP contribution in [0.3, 0.4) is 0 Å². The van der Waals surface area contributed by atoms with E-state index < -0.39 is 0 Å². The van der Waals surface area contributed by atoms with E-state index in [0.717, 1.165) is 11.5 Å². The predicted octanol–water partition coefficient (Wildman–Crippen LogP) is 3.90. The zero-order valence-electron chi connectivity index (χ0n) is 14.7. The predicted molar refractivity (Wildman–Crippen MR) is 103 cm³/mol. The summed E-state index contributed by atoms with van der Waals surface area (Å²) in [7, 11) is 3.77. The minimum Gasteiger partial charge on any atom is -0.493 e. The van der Waals surface area contributed by atoms with Crippen molar-refractivity contribution in [2.75, 3.05) is 31.4 Å². The lowest BCUT2D eigenvalue weighted by molar-refractivity contribution is 0.344. The molecular formula is C19H20N4O2S. The van der Waals surface area contributed by atoms with Crippen molar-refractivity contribution < 1.29 is 9.47 Å². The standard InChI is InChI=1S/C19H20N4O2S/c1-23(2)17-20-18(25-16-11-7-4-8-12-16)22-19(21-17)26-14-13-24-15-9-5-3-6-10-15/h3-12H,13-14H2,1-2H3. The third-order valence-corrected chi connectivity index (χ3v) is 4.07. The molecule has 0 aliphatic heterocycles. The molecule has 0 saturated heterocycles. The Balaban J connectivity index is 1.64. The number of aromatic nitrogens is 3.